The van der Waals surface area contributed by atoms with E-state index in [2.05, 4.69) is 55.6 Å². The molecule has 8 nitrogen and oxygen atoms in total. The number of phosphoric ester groups is 1. The molecule has 0 spiro atoms. The lowest BCUT2D eigenvalue weighted by Gasteiger charge is -2.25. The third-order valence-corrected chi connectivity index (χ3v) is 7.19. The van der Waals surface area contributed by atoms with Gasteiger partial charge in [0.2, 0.25) is 5.91 Å². The number of phosphoric acid groups is 1. The first kappa shape index (κ1) is 38.5. The maximum atomic E-state index is 12.5. The molecule has 40 heavy (non-hydrogen) atoms. The van der Waals surface area contributed by atoms with Crippen molar-refractivity contribution in [2.45, 2.75) is 122 Å². The molecule has 3 atom stereocenters. The zero-order chi connectivity index (χ0) is 29.7. The van der Waals surface area contributed by atoms with E-state index in [4.69, 9.17) is 14.8 Å². The Morgan fingerprint density at radius 2 is 1.40 bits per heavy atom. The minimum absolute atomic E-state index is 0.0758. The molecule has 0 aromatic heterocycles. The molecule has 0 saturated heterocycles. The zero-order valence-electron chi connectivity index (χ0n) is 25.1. The topological polar surface area (TPSA) is 131 Å². The van der Waals surface area contributed by atoms with Crippen LogP contribution in [0.4, 0.5) is 0 Å². The molecule has 0 heterocycles. The van der Waals surface area contributed by atoms with Crippen LogP contribution in [0.1, 0.15) is 110 Å². The van der Waals surface area contributed by atoms with Gasteiger partial charge in [0.1, 0.15) is 0 Å². The quantitative estimate of drug-likeness (QED) is 0.0463. The number of carbonyl (C=O) groups excluding carboxylic acids is 1. The number of hydrogen-bond acceptors (Lipinski definition) is 6. The molecule has 0 radical (unpaired) electrons. The Kier molecular flexibility index (Phi) is 26.6. The smallest absolute Gasteiger partial charge is 0.391 e. The van der Waals surface area contributed by atoms with Crippen molar-refractivity contribution in [3.63, 3.8) is 0 Å². The van der Waals surface area contributed by atoms with Crippen LogP contribution >= 0.6 is 7.82 Å². The standard InChI is InChI=1S/C31H57N2O6P/c1-3-5-7-9-11-13-14-15-16-17-19-21-23-25-31(35)33-29(28-39-40(36,37)38-27-26-32)30(34)24-22-20-18-12-10-8-6-4-2/h5,7,11,13,15-16,19,21,29-30,34H,3-4,6,8-10,12,14,17-18,20,22-28,32H2,1-2H3,(H,33,35)(H,36,37)/b7-5-,13-11-,16-15-,21-19-. The monoisotopic (exact) mass is 584 g/mol. The highest BCUT2D eigenvalue weighted by Crippen LogP contribution is 2.43. The molecule has 0 aromatic rings. The lowest BCUT2D eigenvalue weighted by atomic mass is 10.0. The highest BCUT2D eigenvalue weighted by molar-refractivity contribution is 7.47. The molecule has 9 heteroatoms. The van der Waals surface area contributed by atoms with Crippen LogP contribution in [0.5, 0.6) is 0 Å². The number of carbonyl (C=O) groups is 1. The number of allylic oxidation sites excluding steroid dienone is 8. The highest BCUT2D eigenvalue weighted by Gasteiger charge is 2.27. The minimum Gasteiger partial charge on any atom is -0.391 e. The number of hydrogen-bond donors (Lipinski definition) is 4. The Balaban J connectivity index is 4.52. The largest absolute Gasteiger partial charge is 0.472 e. The summed E-state index contributed by atoms with van der Waals surface area (Å²) in [4.78, 5) is 22.4. The first-order valence-corrected chi connectivity index (χ1v) is 16.7. The van der Waals surface area contributed by atoms with E-state index in [9.17, 15) is 19.4 Å². The molecule has 3 unspecified atom stereocenters. The van der Waals surface area contributed by atoms with Gasteiger partial charge in [-0.2, -0.15) is 0 Å². The molecule has 0 aliphatic carbocycles. The molecule has 0 saturated carbocycles. The van der Waals surface area contributed by atoms with Crippen LogP contribution in [0, 0.1) is 0 Å². The van der Waals surface area contributed by atoms with Crippen LogP contribution in [-0.4, -0.2) is 47.8 Å². The van der Waals surface area contributed by atoms with E-state index in [1.165, 1.54) is 32.1 Å². The molecule has 0 rings (SSSR count). The number of nitrogens with one attached hydrogen (secondary N) is 1. The Morgan fingerprint density at radius 1 is 0.850 bits per heavy atom. The second kappa shape index (κ2) is 27.6. The molecule has 0 aliphatic rings. The van der Waals surface area contributed by atoms with Gasteiger partial charge in [-0.3, -0.25) is 13.8 Å². The number of aliphatic hydroxyl groups excluding tert-OH is 1. The summed E-state index contributed by atoms with van der Waals surface area (Å²) in [7, 11) is -4.31. The number of nitrogens with two attached hydrogens (primary N) is 1. The molecule has 0 aliphatic heterocycles. The summed E-state index contributed by atoms with van der Waals surface area (Å²) in [5.74, 6) is -0.248. The van der Waals surface area contributed by atoms with Gasteiger partial charge in [-0.15, -0.1) is 0 Å². The van der Waals surface area contributed by atoms with Crippen LogP contribution in [-0.2, 0) is 18.4 Å². The van der Waals surface area contributed by atoms with Crippen molar-refractivity contribution >= 4 is 13.7 Å². The molecular weight excluding hydrogens is 527 g/mol. The molecular formula is C31H57N2O6P. The van der Waals surface area contributed by atoms with Gasteiger partial charge in [0.25, 0.3) is 0 Å². The molecule has 1 amide bonds. The minimum atomic E-state index is -4.31. The van der Waals surface area contributed by atoms with Crippen molar-refractivity contribution in [1.29, 1.82) is 0 Å². The molecule has 0 aromatic carbocycles. The second-order valence-electron chi connectivity index (χ2n) is 9.93. The van der Waals surface area contributed by atoms with E-state index >= 15 is 0 Å². The van der Waals surface area contributed by atoms with Gasteiger partial charge < -0.3 is 21.1 Å². The van der Waals surface area contributed by atoms with Gasteiger partial charge in [-0.25, -0.2) is 4.57 Å². The van der Waals surface area contributed by atoms with E-state index in [1.807, 2.05) is 12.2 Å². The van der Waals surface area contributed by atoms with Gasteiger partial charge >= 0.3 is 7.82 Å². The van der Waals surface area contributed by atoms with Gasteiger partial charge in [0, 0.05) is 13.0 Å². The fourth-order valence-corrected chi connectivity index (χ4v) is 4.67. The Morgan fingerprint density at radius 3 is 1.98 bits per heavy atom. The summed E-state index contributed by atoms with van der Waals surface area (Å²) < 4.78 is 21.9. The van der Waals surface area contributed by atoms with E-state index in [0.29, 0.717) is 12.8 Å². The van der Waals surface area contributed by atoms with Crippen LogP contribution < -0.4 is 11.1 Å². The number of amides is 1. The summed E-state index contributed by atoms with van der Waals surface area (Å²) in [5.41, 5.74) is 5.32. The number of rotatable bonds is 27. The van der Waals surface area contributed by atoms with Crippen molar-refractivity contribution in [2.75, 3.05) is 19.8 Å². The first-order valence-electron chi connectivity index (χ1n) is 15.3. The summed E-state index contributed by atoms with van der Waals surface area (Å²) in [6.07, 6.45) is 30.0. The van der Waals surface area contributed by atoms with Crippen molar-refractivity contribution in [2.24, 2.45) is 5.73 Å². The highest BCUT2D eigenvalue weighted by atomic mass is 31.2. The molecule has 5 N–H and O–H groups in total. The maximum Gasteiger partial charge on any atom is 0.472 e. The SMILES string of the molecule is CC/C=C\C/C=C\C/C=C\C/C=C\CCC(=O)NC(COP(=O)(O)OCCN)C(O)CCCCCCCCCC. The van der Waals surface area contributed by atoms with Gasteiger partial charge in [-0.1, -0.05) is 114 Å². The average Bonchev–Trinajstić information content (AvgIpc) is 2.93. The predicted octanol–water partition coefficient (Wildman–Crippen LogP) is 7.04. The molecule has 0 fully saturated rings. The van der Waals surface area contributed by atoms with Gasteiger partial charge in [0.15, 0.2) is 0 Å². The second-order valence-corrected chi connectivity index (χ2v) is 11.4. The first-order chi connectivity index (χ1) is 19.4. The summed E-state index contributed by atoms with van der Waals surface area (Å²) in [6.45, 7) is 3.95. The molecule has 0 bridgehead atoms. The predicted molar refractivity (Wildman–Crippen MR) is 166 cm³/mol. The van der Waals surface area contributed by atoms with Crippen LogP contribution in [0.25, 0.3) is 0 Å². The van der Waals surface area contributed by atoms with Crippen LogP contribution in [0.15, 0.2) is 48.6 Å². The number of aliphatic hydroxyl groups is 1. The van der Waals surface area contributed by atoms with Crippen molar-refractivity contribution in [1.82, 2.24) is 5.32 Å². The lowest BCUT2D eigenvalue weighted by Crippen LogP contribution is -2.46. The summed E-state index contributed by atoms with van der Waals surface area (Å²) in [6, 6.07) is -0.809. The van der Waals surface area contributed by atoms with Crippen LogP contribution in [0.2, 0.25) is 0 Å². The third-order valence-electron chi connectivity index (χ3n) is 6.21. The maximum absolute atomic E-state index is 12.5. The zero-order valence-corrected chi connectivity index (χ0v) is 25.9. The van der Waals surface area contributed by atoms with Crippen molar-refractivity contribution in [3.05, 3.63) is 48.6 Å². The van der Waals surface area contributed by atoms with E-state index < -0.39 is 20.0 Å². The normalized spacial score (nSPS) is 15.4. The lowest BCUT2D eigenvalue weighted by molar-refractivity contribution is -0.123. The number of unbranched alkanes of at least 4 members (excludes halogenated alkanes) is 7. The Bertz CT molecular complexity index is 769. The van der Waals surface area contributed by atoms with Crippen molar-refractivity contribution in [3.8, 4) is 0 Å². The van der Waals surface area contributed by atoms with Gasteiger partial charge in [0.05, 0.1) is 25.4 Å². The Labute approximate surface area is 243 Å². The van der Waals surface area contributed by atoms with Crippen molar-refractivity contribution < 1.29 is 28.4 Å². The van der Waals surface area contributed by atoms with Crippen LogP contribution in [0.3, 0.4) is 0 Å². The fraction of sp³-hybridized carbons (Fsp3) is 0.710. The fourth-order valence-electron chi connectivity index (χ4n) is 3.91. The van der Waals surface area contributed by atoms with E-state index in [1.54, 1.807) is 0 Å². The third kappa shape index (κ3) is 25.4. The summed E-state index contributed by atoms with van der Waals surface area (Å²) >= 11 is 0. The van der Waals surface area contributed by atoms with E-state index in [0.717, 1.165) is 44.9 Å². The van der Waals surface area contributed by atoms with E-state index in [-0.39, 0.29) is 32.1 Å². The molecule has 232 valence electrons. The average molecular weight is 585 g/mol. The summed E-state index contributed by atoms with van der Waals surface area (Å²) in [5, 5.41) is 13.5. The Hall–Kier alpha value is -1.54. The van der Waals surface area contributed by atoms with Gasteiger partial charge in [-0.05, 0) is 38.5 Å².